The first-order valence-corrected chi connectivity index (χ1v) is 12.3. The van der Waals surface area contributed by atoms with Gasteiger partial charge in [0.15, 0.2) is 11.5 Å². The SMILES string of the molecule is CCSc1nsc(NC(=O)C(C#N)=Cc2ccc(OCCOc3ccccc3OC)c(Cl)c2)n1. The van der Waals surface area contributed by atoms with Gasteiger partial charge in [0.25, 0.3) is 5.91 Å². The Kier molecular flexibility index (Phi) is 9.58. The summed E-state index contributed by atoms with van der Waals surface area (Å²) in [5, 5.41) is 13.3. The van der Waals surface area contributed by atoms with E-state index in [0.717, 1.165) is 17.3 Å². The summed E-state index contributed by atoms with van der Waals surface area (Å²) in [6.45, 7) is 2.54. The normalized spacial score (nSPS) is 10.9. The number of halogens is 1. The molecule has 11 heteroatoms. The van der Waals surface area contributed by atoms with E-state index >= 15 is 0 Å². The van der Waals surface area contributed by atoms with Crippen molar-refractivity contribution < 1.29 is 19.0 Å². The van der Waals surface area contributed by atoms with E-state index in [0.29, 0.717) is 44.7 Å². The summed E-state index contributed by atoms with van der Waals surface area (Å²) in [5.74, 6) is 1.97. The second-order valence-corrected chi connectivity index (χ2v) is 8.87. The molecular formula is C23H21ClN4O4S2. The van der Waals surface area contributed by atoms with Crippen molar-refractivity contribution in [1.29, 1.82) is 5.26 Å². The number of aromatic nitrogens is 2. The van der Waals surface area contributed by atoms with Crippen molar-refractivity contribution in [3.8, 4) is 23.3 Å². The van der Waals surface area contributed by atoms with E-state index in [2.05, 4.69) is 14.7 Å². The monoisotopic (exact) mass is 516 g/mol. The Hall–Kier alpha value is -3.26. The summed E-state index contributed by atoms with van der Waals surface area (Å²) in [6.07, 6.45) is 1.44. The van der Waals surface area contributed by atoms with Crippen LogP contribution in [0.2, 0.25) is 5.02 Å². The Balaban J connectivity index is 1.57. The molecule has 8 nitrogen and oxygen atoms in total. The lowest BCUT2D eigenvalue weighted by Crippen LogP contribution is -2.13. The molecule has 3 rings (SSSR count). The second kappa shape index (κ2) is 12.8. The van der Waals surface area contributed by atoms with Crippen molar-refractivity contribution in [1.82, 2.24) is 9.36 Å². The largest absolute Gasteiger partial charge is 0.493 e. The van der Waals surface area contributed by atoms with Gasteiger partial charge in [-0.15, -0.1) is 0 Å². The third-order valence-corrected chi connectivity index (χ3v) is 5.97. The first-order valence-electron chi connectivity index (χ1n) is 10.1. The van der Waals surface area contributed by atoms with Gasteiger partial charge >= 0.3 is 0 Å². The molecule has 0 aliphatic carbocycles. The molecule has 0 radical (unpaired) electrons. The zero-order valence-electron chi connectivity index (χ0n) is 18.4. The van der Waals surface area contributed by atoms with Crippen LogP contribution in [-0.2, 0) is 4.79 Å². The van der Waals surface area contributed by atoms with Gasteiger partial charge in [-0.3, -0.25) is 10.1 Å². The topological polar surface area (TPSA) is 106 Å². The summed E-state index contributed by atoms with van der Waals surface area (Å²) >= 11 is 8.85. The van der Waals surface area contributed by atoms with Crippen LogP contribution in [0.4, 0.5) is 5.13 Å². The summed E-state index contributed by atoms with van der Waals surface area (Å²) in [4.78, 5) is 16.7. The van der Waals surface area contributed by atoms with Crippen molar-refractivity contribution >= 4 is 52.0 Å². The maximum absolute atomic E-state index is 12.5. The predicted molar refractivity (Wildman–Crippen MR) is 134 cm³/mol. The highest BCUT2D eigenvalue weighted by Gasteiger charge is 2.13. The van der Waals surface area contributed by atoms with E-state index in [9.17, 15) is 10.1 Å². The van der Waals surface area contributed by atoms with Crippen LogP contribution in [-0.4, -0.2) is 41.3 Å². The van der Waals surface area contributed by atoms with Crippen LogP contribution in [0.3, 0.4) is 0 Å². The number of para-hydroxylation sites is 2. The molecule has 0 saturated heterocycles. The molecule has 0 fully saturated rings. The van der Waals surface area contributed by atoms with Crippen LogP contribution in [0.15, 0.2) is 53.2 Å². The van der Waals surface area contributed by atoms with Crippen molar-refractivity contribution in [2.75, 3.05) is 31.4 Å². The minimum atomic E-state index is -0.573. The van der Waals surface area contributed by atoms with Crippen LogP contribution in [0, 0.1) is 11.3 Å². The van der Waals surface area contributed by atoms with Gasteiger partial charge in [-0.2, -0.15) is 14.6 Å². The Labute approximate surface area is 210 Å². The maximum Gasteiger partial charge on any atom is 0.268 e. The Bertz CT molecular complexity index is 1210. The molecule has 34 heavy (non-hydrogen) atoms. The molecule has 0 bridgehead atoms. The number of amides is 1. The van der Waals surface area contributed by atoms with Gasteiger partial charge in [-0.05, 0) is 41.7 Å². The number of carbonyl (C=O) groups is 1. The molecular weight excluding hydrogens is 496 g/mol. The third-order valence-electron chi connectivity index (χ3n) is 4.20. The average molecular weight is 517 g/mol. The van der Waals surface area contributed by atoms with Crippen molar-refractivity contribution in [2.24, 2.45) is 0 Å². The highest BCUT2D eigenvalue weighted by molar-refractivity contribution is 7.99. The predicted octanol–water partition coefficient (Wildman–Crippen LogP) is 5.32. The van der Waals surface area contributed by atoms with Gasteiger partial charge in [-0.25, -0.2) is 0 Å². The molecule has 0 unspecified atom stereocenters. The number of hydrogen-bond acceptors (Lipinski definition) is 9. The van der Waals surface area contributed by atoms with Gasteiger partial charge in [0.2, 0.25) is 10.3 Å². The van der Waals surface area contributed by atoms with E-state index in [-0.39, 0.29) is 12.2 Å². The molecule has 1 N–H and O–H groups in total. The minimum Gasteiger partial charge on any atom is -0.493 e. The molecule has 1 heterocycles. The first kappa shape index (κ1) is 25.4. The molecule has 0 atom stereocenters. The van der Waals surface area contributed by atoms with Crippen molar-refractivity contribution in [3.63, 3.8) is 0 Å². The number of nitriles is 1. The molecule has 0 aliphatic rings. The number of carbonyl (C=O) groups excluding carboxylic acids is 1. The second-order valence-electron chi connectivity index (χ2n) is 6.48. The van der Waals surface area contributed by atoms with Crippen molar-refractivity contribution in [2.45, 2.75) is 12.1 Å². The van der Waals surface area contributed by atoms with E-state index in [1.807, 2.05) is 37.3 Å². The van der Waals surface area contributed by atoms with Crippen LogP contribution in [0.5, 0.6) is 17.2 Å². The number of ether oxygens (including phenoxy) is 3. The standard InChI is InChI=1S/C23H21ClN4O4S2/c1-3-33-23-27-22(34-28-23)26-21(29)16(14-25)12-15-8-9-18(17(24)13-15)31-10-11-32-20-7-5-4-6-19(20)30-2/h4-9,12-13H,3,10-11H2,1-2H3,(H,26,27,28,29). The molecule has 3 aromatic rings. The van der Waals surface area contributed by atoms with E-state index in [4.69, 9.17) is 25.8 Å². The lowest BCUT2D eigenvalue weighted by atomic mass is 10.1. The summed E-state index contributed by atoms with van der Waals surface area (Å²) in [5.41, 5.74) is 0.489. The number of anilines is 1. The smallest absolute Gasteiger partial charge is 0.268 e. The number of methoxy groups -OCH3 is 1. The van der Waals surface area contributed by atoms with Crippen LogP contribution >= 0.6 is 34.9 Å². The zero-order valence-corrected chi connectivity index (χ0v) is 20.8. The van der Waals surface area contributed by atoms with E-state index in [1.165, 1.54) is 17.8 Å². The van der Waals surface area contributed by atoms with Gasteiger partial charge < -0.3 is 14.2 Å². The third kappa shape index (κ3) is 7.12. The molecule has 2 aromatic carbocycles. The van der Waals surface area contributed by atoms with Crippen LogP contribution < -0.4 is 19.5 Å². The lowest BCUT2D eigenvalue weighted by Gasteiger charge is -2.12. The van der Waals surface area contributed by atoms with Gasteiger partial charge in [0.05, 0.1) is 12.1 Å². The molecule has 0 spiro atoms. The zero-order chi connectivity index (χ0) is 24.3. The molecule has 176 valence electrons. The van der Waals surface area contributed by atoms with Gasteiger partial charge in [0.1, 0.15) is 30.6 Å². The van der Waals surface area contributed by atoms with Gasteiger partial charge in [0, 0.05) is 11.5 Å². The molecule has 1 aromatic heterocycles. The fourth-order valence-electron chi connectivity index (χ4n) is 2.69. The number of nitrogens with zero attached hydrogens (tertiary/aromatic N) is 3. The Morgan fingerprint density at radius 1 is 1.21 bits per heavy atom. The molecule has 0 saturated carbocycles. The Morgan fingerprint density at radius 2 is 1.94 bits per heavy atom. The number of nitrogens with one attached hydrogen (secondary N) is 1. The van der Waals surface area contributed by atoms with Crippen LogP contribution in [0.1, 0.15) is 12.5 Å². The number of hydrogen-bond donors (Lipinski definition) is 1. The number of thioether (sulfide) groups is 1. The number of rotatable bonds is 11. The van der Waals surface area contributed by atoms with Crippen LogP contribution in [0.25, 0.3) is 6.08 Å². The average Bonchev–Trinajstić information content (AvgIpc) is 3.28. The Morgan fingerprint density at radius 3 is 2.62 bits per heavy atom. The fourth-order valence-corrected chi connectivity index (χ4v) is 4.20. The quantitative estimate of drug-likeness (QED) is 0.158. The maximum atomic E-state index is 12.5. The number of benzene rings is 2. The molecule has 0 aliphatic heterocycles. The van der Waals surface area contributed by atoms with E-state index < -0.39 is 5.91 Å². The minimum absolute atomic E-state index is 0.0881. The lowest BCUT2D eigenvalue weighted by molar-refractivity contribution is -0.112. The fraction of sp³-hybridized carbons (Fsp3) is 0.217. The highest BCUT2D eigenvalue weighted by Crippen LogP contribution is 2.28. The highest BCUT2D eigenvalue weighted by atomic mass is 35.5. The van der Waals surface area contributed by atoms with E-state index in [1.54, 1.807) is 25.3 Å². The summed E-state index contributed by atoms with van der Waals surface area (Å²) in [7, 11) is 1.58. The molecule has 1 amide bonds. The summed E-state index contributed by atoms with van der Waals surface area (Å²) < 4.78 is 20.7. The summed E-state index contributed by atoms with van der Waals surface area (Å²) in [6, 6.07) is 14.2. The first-order chi connectivity index (χ1) is 16.5. The van der Waals surface area contributed by atoms with Gasteiger partial charge in [-0.1, -0.05) is 48.5 Å². The van der Waals surface area contributed by atoms with Crippen molar-refractivity contribution in [3.05, 3.63) is 58.6 Å².